The van der Waals surface area contributed by atoms with E-state index < -0.39 is 0 Å². The standard InChI is InChI=1S/C11H17NO2S/c1-9(2)7-15-8-11(13)12-6-10-4-3-5-14-10/h3-5,9H,6-8H2,1-2H3,(H,12,13). The number of hydrogen-bond acceptors (Lipinski definition) is 3. The van der Waals surface area contributed by atoms with Crippen LogP contribution in [-0.2, 0) is 11.3 Å². The molecule has 3 nitrogen and oxygen atoms in total. The molecule has 4 heteroatoms. The van der Waals surface area contributed by atoms with Gasteiger partial charge in [0.25, 0.3) is 0 Å². The molecule has 0 aliphatic heterocycles. The van der Waals surface area contributed by atoms with Crippen molar-refractivity contribution in [3.8, 4) is 0 Å². The molecule has 0 atom stereocenters. The Bertz CT molecular complexity index is 283. The van der Waals surface area contributed by atoms with Gasteiger partial charge in [-0.2, -0.15) is 11.8 Å². The lowest BCUT2D eigenvalue weighted by Crippen LogP contribution is -2.24. The summed E-state index contributed by atoms with van der Waals surface area (Å²) >= 11 is 1.66. The highest BCUT2D eigenvalue weighted by atomic mass is 32.2. The van der Waals surface area contributed by atoms with Crippen LogP contribution in [0.3, 0.4) is 0 Å². The number of furan rings is 1. The van der Waals surface area contributed by atoms with Crippen molar-refractivity contribution in [2.24, 2.45) is 5.92 Å². The van der Waals surface area contributed by atoms with Crippen molar-refractivity contribution in [2.45, 2.75) is 20.4 Å². The van der Waals surface area contributed by atoms with E-state index in [9.17, 15) is 4.79 Å². The Balaban J connectivity index is 2.09. The Hall–Kier alpha value is -0.900. The monoisotopic (exact) mass is 227 g/mol. The summed E-state index contributed by atoms with van der Waals surface area (Å²) in [7, 11) is 0. The lowest BCUT2D eigenvalue weighted by Gasteiger charge is -2.05. The predicted octanol–water partition coefficient (Wildman–Crippen LogP) is 2.29. The molecule has 0 bridgehead atoms. The zero-order valence-corrected chi connectivity index (χ0v) is 9.97. The van der Waals surface area contributed by atoms with Gasteiger partial charge in [0.15, 0.2) is 0 Å². The zero-order chi connectivity index (χ0) is 11.1. The molecule has 1 aromatic heterocycles. The minimum Gasteiger partial charge on any atom is -0.467 e. The van der Waals surface area contributed by atoms with E-state index in [0.717, 1.165) is 11.5 Å². The molecule has 0 saturated heterocycles. The van der Waals surface area contributed by atoms with Crippen molar-refractivity contribution in [3.05, 3.63) is 24.2 Å². The first-order valence-corrected chi connectivity index (χ1v) is 6.20. The lowest BCUT2D eigenvalue weighted by molar-refractivity contribution is -0.118. The second-order valence-electron chi connectivity index (χ2n) is 3.77. The summed E-state index contributed by atoms with van der Waals surface area (Å²) in [5.41, 5.74) is 0. The normalized spacial score (nSPS) is 10.6. The van der Waals surface area contributed by atoms with E-state index in [0.29, 0.717) is 18.2 Å². The van der Waals surface area contributed by atoms with E-state index in [-0.39, 0.29) is 5.91 Å². The first kappa shape index (κ1) is 12.2. The number of nitrogens with one attached hydrogen (secondary N) is 1. The van der Waals surface area contributed by atoms with E-state index >= 15 is 0 Å². The smallest absolute Gasteiger partial charge is 0.230 e. The SMILES string of the molecule is CC(C)CSCC(=O)NCc1ccco1. The highest BCUT2D eigenvalue weighted by Crippen LogP contribution is 2.06. The maximum atomic E-state index is 11.3. The van der Waals surface area contributed by atoms with E-state index in [2.05, 4.69) is 19.2 Å². The Morgan fingerprint density at radius 3 is 3.00 bits per heavy atom. The number of carbonyl (C=O) groups excluding carboxylic acids is 1. The van der Waals surface area contributed by atoms with E-state index in [4.69, 9.17) is 4.42 Å². The predicted molar refractivity (Wildman–Crippen MR) is 62.7 cm³/mol. The minimum absolute atomic E-state index is 0.0667. The highest BCUT2D eigenvalue weighted by Gasteiger charge is 2.03. The number of thioether (sulfide) groups is 1. The third kappa shape index (κ3) is 5.52. The van der Waals surface area contributed by atoms with Crippen molar-refractivity contribution in [2.75, 3.05) is 11.5 Å². The van der Waals surface area contributed by atoms with Gasteiger partial charge >= 0.3 is 0 Å². The van der Waals surface area contributed by atoms with Crippen LogP contribution in [0.25, 0.3) is 0 Å². The second kappa shape index (κ2) is 6.56. The Labute approximate surface area is 94.6 Å². The van der Waals surface area contributed by atoms with Gasteiger partial charge in [0.2, 0.25) is 5.91 Å². The number of carbonyl (C=O) groups is 1. The highest BCUT2D eigenvalue weighted by molar-refractivity contribution is 7.99. The van der Waals surface area contributed by atoms with Crippen LogP contribution in [-0.4, -0.2) is 17.4 Å². The molecule has 1 heterocycles. The summed E-state index contributed by atoms with van der Waals surface area (Å²) in [6, 6.07) is 3.66. The largest absolute Gasteiger partial charge is 0.467 e. The summed E-state index contributed by atoms with van der Waals surface area (Å²) in [6.45, 7) is 4.77. The third-order valence-corrected chi connectivity index (χ3v) is 3.09. The van der Waals surface area contributed by atoms with E-state index in [1.165, 1.54) is 0 Å². The van der Waals surface area contributed by atoms with E-state index in [1.807, 2.05) is 12.1 Å². The molecular formula is C11H17NO2S. The summed E-state index contributed by atoms with van der Waals surface area (Å²) < 4.78 is 5.11. The fourth-order valence-corrected chi connectivity index (χ4v) is 1.91. The van der Waals surface area contributed by atoms with Gasteiger partial charge in [0.1, 0.15) is 5.76 Å². The Kier molecular flexibility index (Phi) is 5.32. The van der Waals surface area contributed by atoms with Crippen molar-refractivity contribution >= 4 is 17.7 Å². The maximum absolute atomic E-state index is 11.3. The topological polar surface area (TPSA) is 42.2 Å². The quantitative estimate of drug-likeness (QED) is 0.810. The molecule has 0 aliphatic rings. The van der Waals surface area contributed by atoms with Crippen molar-refractivity contribution in [1.29, 1.82) is 0 Å². The molecule has 1 rings (SSSR count). The minimum atomic E-state index is 0.0667. The molecule has 15 heavy (non-hydrogen) atoms. The average molecular weight is 227 g/mol. The molecule has 0 aromatic carbocycles. The van der Waals surface area contributed by atoms with Crippen molar-refractivity contribution in [3.63, 3.8) is 0 Å². The zero-order valence-electron chi connectivity index (χ0n) is 9.16. The molecular weight excluding hydrogens is 210 g/mol. The van der Waals surface area contributed by atoms with Gasteiger partial charge in [0.05, 0.1) is 18.6 Å². The fraction of sp³-hybridized carbons (Fsp3) is 0.545. The molecule has 1 amide bonds. The van der Waals surface area contributed by atoms with Gasteiger partial charge < -0.3 is 9.73 Å². The van der Waals surface area contributed by atoms with Gasteiger partial charge in [-0.15, -0.1) is 0 Å². The average Bonchev–Trinajstić information content (AvgIpc) is 2.66. The lowest BCUT2D eigenvalue weighted by atomic mass is 10.3. The van der Waals surface area contributed by atoms with Crippen LogP contribution in [0.15, 0.2) is 22.8 Å². The molecule has 84 valence electrons. The third-order valence-electron chi connectivity index (χ3n) is 1.72. The summed E-state index contributed by atoms with van der Waals surface area (Å²) in [5, 5.41) is 2.81. The Morgan fingerprint density at radius 2 is 2.40 bits per heavy atom. The molecule has 0 saturated carbocycles. The molecule has 1 aromatic rings. The second-order valence-corrected chi connectivity index (χ2v) is 4.80. The summed E-state index contributed by atoms with van der Waals surface area (Å²) in [5.74, 6) is 3.04. The molecule has 0 unspecified atom stereocenters. The molecule has 0 fully saturated rings. The Morgan fingerprint density at radius 1 is 1.60 bits per heavy atom. The first-order chi connectivity index (χ1) is 7.18. The van der Waals surface area contributed by atoms with Crippen molar-refractivity contribution in [1.82, 2.24) is 5.32 Å². The maximum Gasteiger partial charge on any atom is 0.230 e. The van der Waals surface area contributed by atoms with Gasteiger partial charge in [-0.05, 0) is 23.8 Å². The number of rotatable bonds is 6. The van der Waals surface area contributed by atoms with Gasteiger partial charge in [-0.1, -0.05) is 13.8 Å². The molecule has 0 aliphatic carbocycles. The van der Waals surface area contributed by atoms with Crippen LogP contribution in [0, 0.1) is 5.92 Å². The van der Waals surface area contributed by atoms with E-state index in [1.54, 1.807) is 18.0 Å². The van der Waals surface area contributed by atoms with Gasteiger partial charge in [-0.3, -0.25) is 4.79 Å². The first-order valence-electron chi connectivity index (χ1n) is 5.05. The summed E-state index contributed by atoms with van der Waals surface area (Å²) in [4.78, 5) is 11.3. The van der Waals surface area contributed by atoms with Crippen LogP contribution >= 0.6 is 11.8 Å². The molecule has 1 N–H and O–H groups in total. The van der Waals surface area contributed by atoms with Crippen molar-refractivity contribution < 1.29 is 9.21 Å². The van der Waals surface area contributed by atoms with Gasteiger partial charge in [-0.25, -0.2) is 0 Å². The van der Waals surface area contributed by atoms with Crippen LogP contribution in [0.2, 0.25) is 0 Å². The summed E-state index contributed by atoms with van der Waals surface area (Å²) in [6.07, 6.45) is 1.61. The van der Waals surface area contributed by atoms with Crippen LogP contribution in [0.1, 0.15) is 19.6 Å². The van der Waals surface area contributed by atoms with Crippen LogP contribution < -0.4 is 5.32 Å². The molecule has 0 spiro atoms. The van der Waals surface area contributed by atoms with Gasteiger partial charge in [0, 0.05) is 0 Å². The number of amides is 1. The van der Waals surface area contributed by atoms with Crippen LogP contribution in [0.4, 0.5) is 0 Å². The fourth-order valence-electron chi connectivity index (χ4n) is 1.04. The molecule has 0 radical (unpaired) electrons. The number of hydrogen-bond donors (Lipinski definition) is 1. The van der Waals surface area contributed by atoms with Crippen LogP contribution in [0.5, 0.6) is 0 Å².